The first kappa shape index (κ1) is 11.7. The fourth-order valence-electron chi connectivity index (χ4n) is 0.605. The molecule has 0 radical (unpaired) electrons. The van der Waals surface area contributed by atoms with Gasteiger partial charge in [-0.05, 0) is 13.3 Å². The van der Waals surface area contributed by atoms with Gasteiger partial charge in [-0.2, -0.15) is 0 Å². The van der Waals surface area contributed by atoms with E-state index in [-0.39, 0.29) is 11.9 Å². The van der Waals surface area contributed by atoms with Crippen molar-refractivity contribution in [3.05, 3.63) is 12.2 Å². The van der Waals surface area contributed by atoms with E-state index in [4.69, 9.17) is 0 Å². The van der Waals surface area contributed by atoms with Crippen LogP contribution in [0.15, 0.2) is 12.2 Å². The van der Waals surface area contributed by atoms with Crippen LogP contribution >= 0.6 is 0 Å². The maximum absolute atomic E-state index is 11.0. The molecule has 0 heterocycles. The summed E-state index contributed by atoms with van der Waals surface area (Å²) in [4.78, 5) is 21.6. The lowest BCUT2D eigenvalue weighted by molar-refractivity contribution is -0.135. The summed E-state index contributed by atoms with van der Waals surface area (Å²) in [5, 5.41) is 2.68. The third-order valence-electron chi connectivity index (χ3n) is 1.57. The van der Waals surface area contributed by atoms with Crippen LogP contribution in [0.1, 0.15) is 20.3 Å². The van der Waals surface area contributed by atoms with E-state index >= 15 is 0 Å². The number of nitrogens with one attached hydrogen (secondary N) is 1. The van der Waals surface area contributed by atoms with Gasteiger partial charge >= 0.3 is 5.97 Å². The minimum Gasteiger partial charge on any atom is -0.466 e. The van der Waals surface area contributed by atoms with Crippen LogP contribution in [-0.2, 0) is 14.3 Å². The van der Waals surface area contributed by atoms with Gasteiger partial charge in [0.25, 0.3) is 0 Å². The van der Waals surface area contributed by atoms with Gasteiger partial charge in [0.1, 0.15) is 0 Å². The van der Waals surface area contributed by atoms with E-state index in [1.165, 1.54) is 7.11 Å². The molecule has 1 N–H and O–H groups in total. The summed E-state index contributed by atoms with van der Waals surface area (Å²) in [6.45, 7) is 3.86. The van der Waals surface area contributed by atoms with E-state index in [1.54, 1.807) is 0 Å². The van der Waals surface area contributed by atoms with Gasteiger partial charge in [-0.15, -0.1) is 0 Å². The Balaban J connectivity index is 3.87. The zero-order valence-electron chi connectivity index (χ0n) is 8.16. The lowest BCUT2D eigenvalue weighted by Crippen LogP contribution is -2.30. The Morgan fingerprint density at radius 3 is 2.54 bits per heavy atom. The van der Waals surface area contributed by atoms with Gasteiger partial charge in [-0.1, -0.05) is 6.92 Å². The predicted molar refractivity (Wildman–Crippen MR) is 49.1 cm³/mol. The zero-order chi connectivity index (χ0) is 10.3. The molecule has 0 fully saturated rings. The van der Waals surface area contributed by atoms with E-state index < -0.39 is 5.97 Å². The summed E-state index contributed by atoms with van der Waals surface area (Å²) in [5.74, 6) is -0.806. The van der Waals surface area contributed by atoms with Gasteiger partial charge in [-0.25, -0.2) is 4.79 Å². The van der Waals surface area contributed by atoms with Crippen molar-refractivity contribution in [2.75, 3.05) is 7.11 Å². The zero-order valence-corrected chi connectivity index (χ0v) is 8.16. The molecule has 4 nitrogen and oxygen atoms in total. The highest BCUT2D eigenvalue weighted by molar-refractivity contribution is 5.94. The number of esters is 1. The van der Waals surface area contributed by atoms with Crippen molar-refractivity contribution in [2.45, 2.75) is 26.3 Å². The third kappa shape index (κ3) is 5.90. The number of ether oxygens (including phenoxy) is 1. The summed E-state index contributed by atoms with van der Waals surface area (Å²) in [5.41, 5.74) is 0. The smallest absolute Gasteiger partial charge is 0.330 e. The van der Waals surface area contributed by atoms with Gasteiger partial charge in [0.2, 0.25) is 5.91 Å². The Morgan fingerprint density at radius 2 is 2.08 bits per heavy atom. The Hall–Kier alpha value is -1.32. The Morgan fingerprint density at radius 1 is 1.46 bits per heavy atom. The Bertz CT molecular complexity index is 211. The maximum Gasteiger partial charge on any atom is 0.330 e. The van der Waals surface area contributed by atoms with Crippen molar-refractivity contribution in [3.63, 3.8) is 0 Å². The van der Waals surface area contributed by atoms with Crippen LogP contribution in [0.5, 0.6) is 0 Å². The number of carbonyl (C=O) groups is 2. The fraction of sp³-hybridized carbons (Fsp3) is 0.556. The van der Waals surface area contributed by atoms with Gasteiger partial charge in [0.15, 0.2) is 0 Å². The lowest BCUT2D eigenvalue weighted by atomic mass is 10.2. The number of methoxy groups -OCH3 is 1. The summed E-state index contributed by atoms with van der Waals surface area (Å²) in [7, 11) is 1.26. The van der Waals surface area contributed by atoms with E-state index in [0.717, 1.165) is 18.6 Å². The van der Waals surface area contributed by atoms with Crippen molar-refractivity contribution in [1.82, 2.24) is 5.32 Å². The molecular formula is C9H15NO3. The molecule has 0 aliphatic heterocycles. The summed E-state index contributed by atoms with van der Waals surface area (Å²) in [6, 6.07) is 0.120. The molecule has 0 aliphatic carbocycles. The summed E-state index contributed by atoms with van der Waals surface area (Å²) in [6.07, 6.45) is 3.12. The third-order valence-corrected chi connectivity index (χ3v) is 1.57. The molecule has 13 heavy (non-hydrogen) atoms. The first-order valence-electron chi connectivity index (χ1n) is 4.16. The first-order chi connectivity index (χ1) is 6.10. The van der Waals surface area contributed by atoms with Crippen LogP contribution in [0, 0.1) is 0 Å². The second kappa shape index (κ2) is 6.22. The molecular weight excluding hydrogens is 170 g/mol. The van der Waals surface area contributed by atoms with Crippen molar-refractivity contribution < 1.29 is 14.3 Å². The standard InChI is InChI=1S/C9H15NO3/c1-4-7(2)10-8(11)5-6-9(12)13-3/h5-7H,4H2,1-3H3,(H,10,11)/b6-5+. The molecule has 1 unspecified atom stereocenters. The van der Waals surface area contributed by atoms with Crippen LogP contribution in [0.25, 0.3) is 0 Å². The summed E-state index contributed by atoms with van der Waals surface area (Å²) < 4.78 is 4.33. The minimum atomic E-state index is -0.528. The maximum atomic E-state index is 11.0. The van der Waals surface area contributed by atoms with Crippen molar-refractivity contribution >= 4 is 11.9 Å². The van der Waals surface area contributed by atoms with Gasteiger partial charge < -0.3 is 10.1 Å². The molecule has 4 heteroatoms. The van der Waals surface area contributed by atoms with Gasteiger partial charge in [-0.3, -0.25) is 4.79 Å². The second-order valence-electron chi connectivity index (χ2n) is 2.67. The van der Waals surface area contributed by atoms with Crippen LogP contribution < -0.4 is 5.32 Å². The number of rotatable bonds is 4. The quantitative estimate of drug-likeness (QED) is 0.516. The molecule has 0 spiro atoms. The molecule has 0 rings (SSSR count). The molecule has 0 bridgehead atoms. The van der Waals surface area contributed by atoms with Gasteiger partial charge in [0, 0.05) is 18.2 Å². The SMILES string of the molecule is CCC(C)NC(=O)/C=C/C(=O)OC. The normalized spacial score (nSPS) is 12.5. The fourth-order valence-corrected chi connectivity index (χ4v) is 0.605. The topological polar surface area (TPSA) is 55.4 Å². The number of hydrogen-bond donors (Lipinski definition) is 1. The van der Waals surface area contributed by atoms with Crippen LogP contribution in [0.3, 0.4) is 0 Å². The molecule has 0 aromatic carbocycles. The second-order valence-corrected chi connectivity index (χ2v) is 2.67. The average molecular weight is 185 g/mol. The van der Waals surface area contributed by atoms with Crippen LogP contribution in [-0.4, -0.2) is 25.0 Å². The Labute approximate surface area is 78.0 Å². The minimum absolute atomic E-state index is 0.120. The first-order valence-corrected chi connectivity index (χ1v) is 4.16. The number of hydrogen-bond acceptors (Lipinski definition) is 3. The highest BCUT2D eigenvalue weighted by Crippen LogP contribution is 1.88. The Kier molecular flexibility index (Phi) is 5.59. The number of amides is 1. The van der Waals surface area contributed by atoms with Crippen LogP contribution in [0.4, 0.5) is 0 Å². The van der Waals surface area contributed by atoms with Crippen LogP contribution in [0.2, 0.25) is 0 Å². The molecule has 0 saturated heterocycles. The van der Waals surface area contributed by atoms with E-state index in [0.29, 0.717) is 0 Å². The van der Waals surface area contributed by atoms with E-state index in [9.17, 15) is 9.59 Å². The molecule has 0 saturated carbocycles. The summed E-state index contributed by atoms with van der Waals surface area (Å²) >= 11 is 0. The van der Waals surface area contributed by atoms with E-state index in [2.05, 4.69) is 10.1 Å². The van der Waals surface area contributed by atoms with E-state index in [1.807, 2.05) is 13.8 Å². The molecule has 1 amide bonds. The predicted octanol–water partition coefficient (Wildman–Crippen LogP) is 0.630. The molecule has 0 aliphatic rings. The van der Waals surface area contributed by atoms with Crippen molar-refractivity contribution in [2.24, 2.45) is 0 Å². The van der Waals surface area contributed by atoms with Crippen molar-refractivity contribution in [1.29, 1.82) is 0 Å². The highest BCUT2D eigenvalue weighted by Gasteiger charge is 2.01. The highest BCUT2D eigenvalue weighted by atomic mass is 16.5. The molecule has 0 aromatic rings. The lowest BCUT2D eigenvalue weighted by Gasteiger charge is -2.07. The number of carbonyl (C=O) groups excluding carboxylic acids is 2. The molecule has 74 valence electrons. The van der Waals surface area contributed by atoms with Gasteiger partial charge in [0.05, 0.1) is 7.11 Å². The average Bonchev–Trinajstić information content (AvgIpc) is 2.13. The van der Waals surface area contributed by atoms with Crippen molar-refractivity contribution in [3.8, 4) is 0 Å². The molecule has 0 aromatic heterocycles. The largest absolute Gasteiger partial charge is 0.466 e. The monoisotopic (exact) mass is 185 g/mol. The molecule has 1 atom stereocenters.